The molecule has 0 saturated heterocycles. The molecule has 1 aliphatic carbocycles. The third-order valence-electron chi connectivity index (χ3n) is 4.75. The molecule has 0 amide bonds. The zero-order valence-electron chi connectivity index (χ0n) is 17.3. The van der Waals surface area contributed by atoms with E-state index in [9.17, 15) is 19.8 Å². The zero-order valence-corrected chi connectivity index (χ0v) is 27.7. The number of carboxylic acids is 1. The first-order chi connectivity index (χ1) is 15.4. The third kappa shape index (κ3) is 4.51. The van der Waals surface area contributed by atoms with Crippen LogP contribution in [0.1, 0.15) is 11.8 Å². The molecular weight excluding hydrogens is 805 g/mol. The Balaban J connectivity index is 0.00000216. The molecule has 1 aliphatic heterocycles. The second-order valence-electron chi connectivity index (χ2n) is 6.56. The van der Waals surface area contributed by atoms with E-state index in [2.05, 4.69) is 63.7 Å². The number of hydrogen-bond acceptors (Lipinski definition) is 4. The van der Waals surface area contributed by atoms with E-state index in [4.69, 9.17) is 50.8 Å². The molecule has 2 aliphatic rings. The molecule has 34 heavy (non-hydrogen) atoms. The number of benzene rings is 3. The average molecular weight is 810 g/mol. The standard InChI is InChI=1S/C20H4Br4Cl4O5.Na.H/c21-5-1-3-7(8-9(20(31)32)13(26)15(28)14(27)12(8)25)4-2-6(22)17(30)11(24)19(4)33-18(3)10(23)16(5)29;;/h1-2,29H,(H,31,32);;/q;+1;-1. The van der Waals surface area contributed by atoms with Crippen molar-refractivity contribution in [1.82, 2.24) is 0 Å². The van der Waals surface area contributed by atoms with Gasteiger partial charge in [0.1, 0.15) is 14.7 Å². The molecule has 4 rings (SSSR count). The van der Waals surface area contributed by atoms with Crippen LogP contribution in [0.5, 0.6) is 5.75 Å². The number of carbonyl (C=O) groups is 1. The monoisotopic (exact) mass is 804 g/mol. The van der Waals surface area contributed by atoms with E-state index < -0.39 is 17.0 Å². The number of phenolic OH excluding ortho intramolecular Hbond substituents is 1. The van der Waals surface area contributed by atoms with Crippen LogP contribution in [0, 0.1) is 0 Å². The fourth-order valence-corrected chi connectivity index (χ4v) is 6.76. The normalized spacial score (nSPS) is 11.2. The van der Waals surface area contributed by atoms with Gasteiger partial charge in [-0.2, -0.15) is 0 Å². The van der Waals surface area contributed by atoms with Crippen molar-refractivity contribution in [2.45, 2.75) is 0 Å². The SMILES string of the molecule is O=C(O)c1c(Cl)c(Cl)c(Cl)c(Cl)c1-c1c2cc(Br)c(=O)c(Br)c-2oc2c(Br)c(O)c(Br)cc12.[H-].[Na+]. The van der Waals surface area contributed by atoms with Crippen LogP contribution in [0.15, 0.2) is 39.2 Å². The molecule has 0 aromatic heterocycles. The molecule has 1 heterocycles. The Morgan fingerprint density at radius 3 is 2.06 bits per heavy atom. The zero-order chi connectivity index (χ0) is 24.5. The number of aromatic carboxylic acids is 1. The number of phenols is 1. The van der Waals surface area contributed by atoms with Gasteiger partial charge in [-0.05, 0) is 75.9 Å². The fourth-order valence-electron chi connectivity index (χ4n) is 3.33. The summed E-state index contributed by atoms with van der Waals surface area (Å²) in [5, 5.41) is 19.9. The van der Waals surface area contributed by atoms with Gasteiger partial charge in [0.2, 0.25) is 5.43 Å². The molecule has 0 saturated carbocycles. The molecule has 5 nitrogen and oxygen atoms in total. The van der Waals surface area contributed by atoms with Crippen LogP contribution in [-0.4, -0.2) is 16.2 Å². The van der Waals surface area contributed by atoms with Crippen LogP contribution < -0.4 is 35.0 Å². The van der Waals surface area contributed by atoms with Crippen molar-refractivity contribution in [2.24, 2.45) is 0 Å². The van der Waals surface area contributed by atoms with Gasteiger partial charge in [-0.25, -0.2) is 4.79 Å². The fraction of sp³-hybridized carbons (Fsp3) is 0. The Morgan fingerprint density at radius 2 is 1.47 bits per heavy atom. The maximum Gasteiger partial charge on any atom is 1.00 e. The van der Waals surface area contributed by atoms with Crippen molar-refractivity contribution >= 4 is 127 Å². The summed E-state index contributed by atoms with van der Waals surface area (Å²) < 4.78 is 6.64. The van der Waals surface area contributed by atoms with Gasteiger partial charge in [0, 0.05) is 22.1 Å². The van der Waals surface area contributed by atoms with Crippen molar-refractivity contribution in [2.75, 3.05) is 0 Å². The first-order valence-electron chi connectivity index (χ1n) is 8.43. The number of rotatable bonds is 2. The van der Waals surface area contributed by atoms with Gasteiger partial charge in [0.25, 0.3) is 0 Å². The van der Waals surface area contributed by atoms with Crippen LogP contribution in [-0.2, 0) is 0 Å². The van der Waals surface area contributed by atoms with Gasteiger partial charge < -0.3 is 16.1 Å². The van der Waals surface area contributed by atoms with Crippen LogP contribution in [0.25, 0.3) is 33.4 Å². The molecule has 2 N–H and O–H groups in total. The molecule has 0 spiro atoms. The molecule has 14 heteroatoms. The number of hydrogen-bond donors (Lipinski definition) is 2. The van der Waals surface area contributed by atoms with Crippen LogP contribution >= 0.6 is 110 Å². The predicted molar refractivity (Wildman–Crippen MR) is 145 cm³/mol. The minimum absolute atomic E-state index is 0. The van der Waals surface area contributed by atoms with Gasteiger partial charge in [-0.1, -0.05) is 46.4 Å². The van der Waals surface area contributed by atoms with Crippen LogP contribution in [0.2, 0.25) is 20.1 Å². The van der Waals surface area contributed by atoms with Crippen molar-refractivity contribution in [3.63, 3.8) is 0 Å². The first kappa shape index (κ1) is 29.0. The maximum absolute atomic E-state index is 12.6. The minimum atomic E-state index is -1.41. The van der Waals surface area contributed by atoms with Gasteiger partial charge in [0.05, 0.1) is 34.6 Å². The molecule has 2 aromatic carbocycles. The number of carboxylic acid groups (broad SMARTS) is 1. The molecule has 0 radical (unpaired) electrons. The largest absolute Gasteiger partial charge is 1.00 e. The summed E-state index contributed by atoms with van der Waals surface area (Å²) >= 11 is 38.3. The minimum Gasteiger partial charge on any atom is -1.00 e. The Bertz CT molecular complexity index is 1580. The smallest absolute Gasteiger partial charge is 1.00 e. The Labute approximate surface area is 268 Å². The molecule has 2 aromatic rings. The molecule has 0 bridgehead atoms. The summed E-state index contributed by atoms with van der Waals surface area (Å²) in [6.07, 6.45) is 0. The molecule has 172 valence electrons. The molecule has 0 unspecified atom stereocenters. The van der Waals surface area contributed by atoms with Crippen molar-refractivity contribution in [3.05, 3.63) is 65.9 Å². The molecular formula is C20H5Br4Cl4NaO5. The van der Waals surface area contributed by atoms with Crippen LogP contribution in [0.3, 0.4) is 0 Å². The van der Waals surface area contributed by atoms with Crippen molar-refractivity contribution in [1.29, 1.82) is 0 Å². The van der Waals surface area contributed by atoms with Crippen LogP contribution in [0.4, 0.5) is 0 Å². The summed E-state index contributed by atoms with van der Waals surface area (Å²) in [4.78, 5) is 24.8. The summed E-state index contributed by atoms with van der Waals surface area (Å²) in [5.41, 5.74) is -0.206. The summed E-state index contributed by atoms with van der Waals surface area (Å²) in [6, 6.07) is 2.98. The van der Waals surface area contributed by atoms with E-state index in [1.807, 2.05) is 0 Å². The molecule has 0 atom stereocenters. The topological polar surface area (TPSA) is 87.7 Å². The Hall–Kier alpha value is 0.480. The van der Waals surface area contributed by atoms with E-state index in [0.29, 0.717) is 10.9 Å². The van der Waals surface area contributed by atoms with Gasteiger partial charge in [0.15, 0.2) is 11.3 Å². The third-order valence-corrected chi connectivity index (χ3v) is 9.21. The van der Waals surface area contributed by atoms with E-state index in [1.54, 1.807) is 0 Å². The number of halogens is 8. The number of fused-ring (bicyclic) bond motifs is 2. The maximum atomic E-state index is 12.6. The average Bonchev–Trinajstić information content (AvgIpc) is 2.76. The summed E-state index contributed by atoms with van der Waals surface area (Å²) in [6.45, 7) is 0. The summed E-state index contributed by atoms with van der Waals surface area (Å²) in [7, 11) is 0. The van der Waals surface area contributed by atoms with Gasteiger partial charge in [-0.15, -0.1) is 0 Å². The Kier molecular flexibility index (Phi) is 9.13. The summed E-state index contributed by atoms with van der Waals surface area (Å²) in [5.74, 6) is -1.51. The number of aromatic hydroxyl groups is 1. The Morgan fingerprint density at radius 1 is 0.882 bits per heavy atom. The predicted octanol–water partition coefficient (Wildman–Crippen LogP) is 6.75. The second kappa shape index (κ2) is 10.7. The quantitative estimate of drug-likeness (QED) is 0.101. The first-order valence-corrected chi connectivity index (χ1v) is 13.1. The second-order valence-corrected chi connectivity index (χ2v) is 11.4. The molecule has 0 fully saturated rings. The van der Waals surface area contributed by atoms with E-state index in [0.717, 1.165) is 0 Å². The van der Waals surface area contributed by atoms with Gasteiger partial charge >= 0.3 is 35.5 Å². The van der Waals surface area contributed by atoms with Crippen molar-refractivity contribution < 1.29 is 50.4 Å². The van der Waals surface area contributed by atoms with E-state index in [1.165, 1.54) is 12.1 Å². The van der Waals surface area contributed by atoms with Gasteiger partial charge in [-0.3, -0.25) is 4.79 Å². The van der Waals surface area contributed by atoms with E-state index >= 15 is 0 Å². The van der Waals surface area contributed by atoms with E-state index in [-0.39, 0.29) is 97.2 Å². The van der Waals surface area contributed by atoms with Crippen molar-refractivity contribution in [3.8, 4) is 28.2 Å².